The monoisotopic (exact) mass is 688 g/mol. The molecule has 10 aromatic rings. The number of fused-ring (bicyclic) bond motifs is 7. The number of aryl methyl sites for hydroxylation is 1. The Hall–Kier alpha value is -6.90. The Bertz CT molecular complexity index is 3070. The number of hydrogen-bond donors (Lipinski definition) is 0. The summed E-state index contributed by atoms with van der Waals surface area (Å²) in [5, 5.41) is 5.06. The fourth-order valence-corrected chi connectivity index (χ4v) is 8.71. The van der Waals surface area contributed by atoms with Gasteiger partial charge in [0.25, 0.3) is 0 Å². The van der Waals surface area contributed by atoms with Gasteiger partial charge in [-0.05, 0) is 118 Å². The maximum absolute atomic E-state index is 2.41. The summed E-state index contributed by atoms with van der Waals surface area (Å²) in [6, 6.07) is 67.0. The van der Waals surface area contributed by atoms with Gasteiger partial charge in [-0.1, -0.05) is 133 Å². The van der Waals surface area contributed by atoms with Crippen LogP contribution in [0, 0.1) is 0 Å². The molecule has 254 valence electrons. The molecular weight excluding hydrogens is 653 g/mol. The molecule has 0 radical (unpaired) electrons. The van der Waals surface area contributed by atoms with Crippen LogP contribution in [0.25, 0.3) is 94.4 Å². The van der Waals surface area contributed by atoms with E-state index in [1.807, 2.05) is 0 Å². The third-order valence-electron chi connectivity index (χ3n) is 11.4. The predicted octanol–water partition coefficient (Wildman–Crippen LogP) is 13.8. The first-order chi connectivity index (χ1) is 26.8. The minimum atomic E-state index is 1.11. The minimum absolute atomic E-state index is 1.11. The second kappa shape index (κ2) is 12.4. The number of rotatable bonds is 5. The fourth-order valence-electron chi connectivity index (χ4n) is 8.71. The average molecular weight is 689 g/mol. The zero-order chi connectivity index (χ0) is 35.6. The highest BCUT2D eigenvalue weighted by Gasteiger charge is 2.16. The van der Waals surface area contributed by atoms with Crippen LogP contribution in [0.15, 0.2) is 188 Å². The first-order valence-electron chi connectivity index (χ1n) is 18.9. The van der Waals surface area contributed by atoms with Gasteiger partial charge in [-0.15, -0.1) is 0 Å². The number of aromatic nitrogens is 2. The van der Waals surface area contributed by atoms with Crippen molar-refractivity contribution in [3.8, 4) is 44.8 Å². The Balaban J connectivity index is 0.939. The molecule has 0 fully saturated rings. The summed E-state index contributed by atoms with van der Waals surface area (Å²) in [4.78, 5) is 0. The lowest BCUT2D eigenvalue weighted by molar-refractivity contribution is 0.986. The number of para-hydroxylation sites is 3. The van der Waals surface area contributed by atoms with Crippen LogP contribution >= 0.6 is 0 Å². The van der Waals surface area contributed by atoms with E-state index in [0.717, 1.165) is 12.8 Å². The average Bonchev–Trinajstić information content (AvgIpc) is 3.76. The standard InChI is InChI=1S/C52H36N2/c1-2-12-43(13-3-1)53-49-16-8-6-14-45(49)47-33-41(26-30-51(47)53)36-18-20-37(21-19-36)42-27-31-52-48(34-42)46-15-7-9-17-50(46)54(52)44-28-24-38(25-29-44)40-23-22-35-10-4-5-11-39(35)32-40/h1-4,6-10,12-34H,5,11H2. The topological polar surface area (TPSA) is 9.86 Å². The van der Waals surface area contributed by atoms with E-state index in [9.17, 15) is 0 Å². The van der Waals surface area contributed by atoms with Crippen LogP contribution in [-0.2, 0) is 6.42 Å². The molecule has 1 aliphatic carbocycles. The van der Waals surface area contributed by atoms with E-state index >= 15 is 0 Å². The highest BCUT2D eigenvalue weighted by molar-refractivity contribution is 6.11. The molecule has 0 spiro atoms. The van der Waals surface area contributed by atoms with E-state index in [2.05, 4.69) is 203 Å². The van der Waals surface area contributed by atoms with Gasteiger partial charge in [-0.3, -0.25) is 0 Å². The molecule has 0 saturated carbocycles. The first kappa shape index (κ1) is 30.7. The first-order valence-corrected chi connectivity index (χ1v) is 18.9. The Morgan fingerprint density at radius 1 is 0.333 bits per heavy atom. The summed E-state index contributed by atoms with van der Waals surface area (Å²) in [5.41, 5.74) is 17.4. The van der Waals surface area contributed by atoms with Gasteiger partial charge in [0.15, 0.2) is 0 Å². The largest absolute Gasteiger partial charge is 0.309 e. The highest BCUT2D eigenvalue weighted by atomic mass is 15.0. The lowest BCUT2D eigenvalue weighted by Crippen LogP contribution is -1.95. The van der Waals surface area contributed by atoms with E-state index in [4.69, 9.17) is 0 Å². The van der Waals surface area contributed by atoms with Gasteiger partial charge in [0.1, 0.15) is 0 Å². The van der Waals surface area contributed by atoms with Crippen molar-refractivity contribution in [2.24, 2.45) is 0 Å². The van der Waals surface area contributed by atoms with E-state index in [0.29, 0.717) is 0 Å². The van der Waals surface area contributed by atoms with Crippen molar-refractivity contribution < 1.29 is 0 Å². The quantitative estimate of drug-likeness (QED) is 0.170. The molecule has 0 saturated heterocycles. The van der Waals surface area contributed by atoms with Crippen molar-refractivity contribution in [2.45, 2.75) is 12.8 Å². The minimum Gasteiger partial charge on any atom is -0.309 e. The highest BCUT2D eigenvalue weighted by Crippen LogP contribution is 2.38. The van der Waals surface area contributed by atoms with E-state index in [-0.39, 0.29) is 0 Å². The number of benzene rings is 8. The molecule has 0 N–H and O–H groups in total. The van der Waals surface area contributed by atoms with E-state index in [1.165, 1.54) is 99.5 Å². The fraction of sp³-hybridized carbons (Fsp3) is 0.0385. The Labute approximate surface area is 314 Å². The SMILES string of the molecule is C1=Cc2ccc(-c3ccc(-n4c5ccccc5c5cc(-c6ccc(-c7ccc8c(c7)c7ccccc7n8-c7ccccc7)cc6)ccc54)cc3)cc2CC1. The molecule has 0 bridgehead atoms. The molecule has 2 heterocycles. The summed E-state index contributed by atoms with van der Waals surface area (Å²) < 4.78 is 4.78. The Morgan fingerprint density at radius 3 is 1.37 bits per heavy atom. The van der Waals surface area contributed by atoms with Gasteiger partial charge in [-0.25, -0.2) is 0 Å². The summed E-state index contributed by atoms with van der Waals surface area (Å²) >= 11 is 0. The molecule has 2 nitrogen and oxygen atoms in total. The van der Waals surface area contributed by atoms with Crippen LogP contribution in [0.3, 0.4) is 0 Å². The van der Waals surface area contributed by atoms with E-state index < -0.39 is 0 Å². The predicted molar refractivity (Wildman–Crippen MR) is 229 cm³/mol. The second-order valence-corrected chi connectivity index (χ2v) is 14.5. The molecule has 0 amide bonds. The van der Waals surface area contributed by atoms with E-state index in [1.54, 1.807) is 0 Å². The third kappa shape index (κ3) is 4.95. The van der Waals surface area contributed by atoms with Gasteiger partial charge in [0.2, 0.25) is 0 Å². The number of nitrogens with zero attached hydrogens (tertiary/aromatic N) is 2. The molecule has 8 aromatic carbocycles. The van der Waals surface area contributed by atoms with Crippen molar-refractivity contribution in [3.63, 3.8) is 0 Å². The van der Waals surface area contributed by atoms with Gasteiger partial charge in [-0.2, -0.15) is 0 Å². The van der Waals surface area contributed by atoms with Crippen molar-refractivity contribution in [2.75, 3.05) is 0 Å². The molecule has 2 heteroatoms. The molecule has 0 aliphatic heterocycles. The van der Waals surface area contributed by atoms with Crippen LogP contribution in [0.5, 0.6) is 0 Å². The number of hydrogen-bond acceptors (Lipinski definition) is 0. The van der Waals surface area contributed by atoms with Crippen LogP contribution < -0.4 is 0 Å². The Morgan fingerprint density at radius 2 is 0.778 bits per heavy atom. The van der Waals surface area contributed by atoms with Crippen LogP contribution in [0.4, 0.5) is 0 Å². The smallest absolute Gasteiger partial charge is 0.0541 e. The summed E-state index contributed by atoms with van der Waals surface area (Å²) in [6.45, 7) is 0. The molecule has 1 aliphatic rings. The van der Waals surface area contributed by atoms with Crippen molar-refractivity contribution in [3.05, 3.63) is 199 Å². The molecule has 54 heavy (non-hydrogen) atoms. The van der Waals surface area contributed by atoms with Crippen LogP contribution in [-0.4, -0.2) is 9.13 Å². The molecule has 2 aromatic heterocycles. The molecular formula is C52H36N2. The summed E-state index contributed by atoms with van der Waals surface area (Å²) in [7, 11) is 0. The van der Waals surface area contributed by atoms with Gasteiger partial charge in [0, 0.05) is 32.9 Å². The molecule has 0 atom stereocenters. The van der Waals surface area contributed by atoms with Gasteiger partial charge in [0.05, 0.1) is 22.1 Å². The lowest BCUT2D eigenvalue weighted by Gasteiger charge is -2.13. The molecule has 11 rings (SSSR count). The van der Waals surface area contributed by atoms with Gasteiger partial charge < -0.3 is 9.13 Å². The lowest BCUT2D eigenvalue weighted by atomic mass is 9.93. The van der Waals surface area contributed by atoms with Crippen molar-refractivity contribution in [1.29, 1.82) is 0 Å². The Kier molecular flexibility index (Phi) is 7.03. The summed E-state index contributed by atoms with van der Waals surface area (Å²) in [5.74, 6) is 0. The van der Waals surface area contributed by atoms with Crippen LogP contribution in [0.1, 0.15) is 17.5 Å². The molecule has 0 unspecified atom stereocenters. The number of allylic oxidation sites excluding steroid dienone is 1. The van der Waals surface area contributed by atoms with Gasteiger partial charge >= 0.3 is 0 Å². The second-order valence-electron chi connectivity index (χ2n) is 14.5. The normalized spacial score (nSPS) is 12.6. The maximum Gasteiger partial charge on any atom is 0.0541 e. The zero-order valence-electron chi connectivity index (χ0n) is 29.8. The summed E-state index contributed by atoms with van der Waals surface area (Å²) in [6.07, 6.45) is 6.76. The zero-order valence-corrected chi connectivity index (χ0v) is 29.8. The van der Waals surface area contributed by atoms with Crippen molar-refractivity contribution >= 4 is 49.7 Å². The third-order valence-corrected chi connectivity index (χ3v) is 11.4. The van der Waals surface area contributed by atoms with Crippen molar-refractivity contribution in [1.82, 2.24) is 9.13 Å². The maximum atomic E-state index is 2.41. The van der Waals surface area contributed by atoms with Crippen LogP contribution in [0.2, 0.25) is 0 Å².